The maximum atomic E-state index is 11.9. The first-order valence-corrected chi connectivity index (χ1v) is 8.60. The van der Waals surface area contributed by atoms with Crippen molar-refractivity contribution in [3.05, 3.63) is 24.3 Å². The van der Waals surface area contributed by atoms with Gasteiger partial charge in [0.2, 0.25) is 0 Å². The molecule has 130 valence electrons. The van der Waals surface area contributed by atoms with Crippen molar-refractivity contribution in [3.8, 4) is 5.75 Å². The van der Waals surface area contributed by atoms with E-state index in [1.165, 1.54) is 25.7 Å². The number of anilines is 1. The Morgan fingerprint density at radius 3 is 2.43 bits per heavy atom. The topological polar surface area (TPSA) is 53.6 Å². The van der Waals surface area contributed by atoms with E-state index in [0.717, 1.165) is 31.1 Å². The van der Waals surface area contributed by atoms with Gasteiger partial charge >= 0.3 is 6.03 Å². The molecule has 0 aliphatic heterocycles. The van der Waals surface area contributed by atoms with Crippen LogP contribution in [0.4, 0.5) is 10.5 Å². The lowest BCUT2D eigenvalue weighted by molar-refractivity contribution is 0.243. The first-order chi connectivity index (χ1) is 11.2. The molecule has 23 heavy (non-hydrogen) atoms. The molecule has 1 aromatic carbocycles. The zero-order chi connectivity index (χ0) is 16.9. The summed E-state index contributed by atoms with van der Waals surface area (Å²) in [6, 6.07) is 7.17. The Morgan fingerprint density at radius 2 is 1.83 bits per heavy atom. The Labute approximate surface area is 140 Å². The van der Waals surface area contributed by atoms with Crippen LogP contribution in [0.25, 0.3) is 0 Å². The summed E-state index contributed by atoms with van der Waals surface area (Å²) in [6.07, 6.45) is 4.82. The Morgan fingerprint density at radius 1 is 1.13 bits per heavy atom. The van der Waals surface area contributed by atoms with Gasteiger partial charge in [-0.1, -0.05) is 32.8 Å². The van der Waals surface area contributed by atoms with Crippen molar-refractivity contribution in [3.63, 3.8) is 0 Å². The molecule has 0 saturated heterocycles. The number of benzene rings is 1. The molecule has 5 nitrogen and oxygen atoms in total. The number of carbonyl (C=O) groups excluding carboxylic acids is 1. The van der Waals surface area contributed by atoms with E-state index in [4.69, 9.17) is 4.74 Å². The molecular weight excluding hydrogens is 290 g/mol. The number of hydrogen-bond acceptors (Lipinski definition) is 3. The smallest absolute Gasteiger partial charge is 0.319 e. The van der Waals surface area contributed by atoms with E-state index in [1.807, 2.05) is 18.2 Å². The zero-order valence-corrected chi connectivity index (χ0v) is 14.7. The molecule has 0 aliphatic rings. The second-order valence-electron chi connectivity index (χ2n) is 5.66. The van der Waals surface area contributed by atoms with Crippen molar-refractivity contribution in [1.29, 1.82) is 0 Å². The lowest BCUT2D eigenvalue weighted by Crippen LogP contribution is -2.37. The monoisotopic (exact) mass is 321 g/mol. The SMILES string of the molecule is CCCCN(CCCC)CCNC(=O)Nc1cccc(OC)c1. The normalized spacial score (nSPS) is 10.6. The van der Waals surface area contributed by atoms with Crippen molar-refractivity contribution < 1.29 is 9.53 Å². The molecule has 0 unspecified atom stereocenters. The third-order valence-corrected chi connectivity index (χ3v) is 3.70. The van der Waals surface area contributed by atoms with Gasteiger partial charge in [-0.05, 0) is 38.1 Å². The van der Waals surface area contributed by atoms with Crippen LogP contribution in [0.1, 0.15) is 39.5 Å². The summed E-state index contributed by atoms with van der Waals surface area (Å²) in [4.78, 5) is 14.4. The van der Waals surface area contributed by atoms with Gasteiger partial charge in [0.1, 0.15) is 5.75 Å². The van der Waals surface area contributed by atoms with Crippen molar-refractivity contribution in [2.75, 3.05) is 38.6 Å². The predicted molar refractivity (Wildman–Crippen MR) is 96.3 cm³/mol. The van der Waals surface area contributed by atoms with Gasteiger partial charge in [0.25, 0.3) is 0 Å². The molecule has 0 atom stereocenters. The Balaban J connectivity index is 2.32. The number of amides is 2. The highest BCUT2D eigenvalue weighted by atomic mass is 16.5. The lowest BCUT2D eigenvalue weighted by atomic mass is 10.2. The molecule has 2 amide bonds. The average molecular weight is 321 g/mol. The van der Waals surface area contributed by atoms with Crippen molar-refractivity contribution in [1.82, 2.24) is 10.2 Å². The Kier molecular flexibility index (Phi) is 9.87. The van der Waals surface area contributed by atoms with E-state index >= 15 is 0 Å². The first-order valence-electron chi connectivity index (χ1n) is 8.60. The minimum atomic E-state index is -0.177. The van der Waals surface area contributed by atoms with Gasteiger partial charge in [-0.15, -0.1) is 0 Å². The molecule has 0 spiro atoms. The third-order valence-electron chi connectivity index (χ3n) is 3.70. The number of carbonyl (C=O) groups is 1. The molecule has 0 aliphatic carbocycles. The molecule has 0 saturated carbocycles. The highest BCUT2D eigenvalue weighted by Gasteiger charge is 2.06. The van der Waals surface area contributed by atoms with Crippen LogP contribution in [0.15, 0.2) is 24.3 Å². The van der Waals surface area contributed by atoms with E-state index in [1.54, 1.807) is 13.2 Å². The van der Waals surface area contributed by atoms with Crippen LogP contribution in [-0.4, -0.2) is 44.2 Å². The molecule has 2 N–H and O–H groups in total. The molecule has 0 heterocycles. The number of rotatable bonds is 11. The van der Waals surface area contributed by atoms with Gasteiger partial charge in [0, 0.05) is 24.8 Å². The fourth-order valence-electron chi connectivity index (χ4n) is 2.30. The molecule has 0 bridgehead atoms. The Bertz CT molecular complexity index is 444. The summed E-state index contributed by atoms with van der Waals surface area (Å²) in [5, 5.41) is 5.75. The number of urea groups is 1. The van der Waals surface area contributed by atoms with Gasteiger partial charge in [0.15, 0.2) is 0 Å². The second-order valence-corrected chi connectivity index (χ2v) is 5.66. The number of nitrogens with one attached hydrogen (secondary N) is 2. The third kappa shape index (κ3) is 8.45. The van der Waals surface area contributed by atoms with Gasteiger partial charge < -0.3 is 20.3 Å². The highest BCUT2D eigenvalue weighted by molar-refractivity contribution is 5.89. The minimum absolute atomic E-state index is 0.177. The molecule has 0 aromatic heterocycles. The van der Waals surface area contributed by atoms with E-state index in [2.05, 4.69) is 29.4 Å². The van der Waals surface area contributed by atoms with Gasteiger partial charge in [-0.2, -0.15) is 0 Å². The standard InChI is InChI=1S/C18H31N3O2/c1-4-6-12-21(13-7-5-2)14-11-19-18(22)20-16-9-8-10-17(15-16)23-3/h8-10,15H,4-7,11-14H2,1-3H3,(H2,19,20,22). The van der Waals surface area contributed by atoms with Gasteiger partial charge in [0.05, 0.1) is 7.11 Å². The van der Waals surface area contributed by atoms with Crippen LogP contribution >= 0.6 is 0 Å². The average Bonchev–Trinajstić information content (AvgIpc) is 2.57. The quantitative estimate of drug-likeness (QED) is 0.653. The fraction of sp³-hybridized carbons (Fsp3) is 0.611. The summed E-state index contributed by atoms with van der Waals surface area (Å²) in [5.74, 6) is 0.730. The van der Waals surface area contributed by atoms with Gasteiger partial charge in [-0.3, -0.25) is 0 Å². The van der Waals surface area contributed by atoms with Crippen LogP contribution in [0.2, 0.25) is 0 Å². The van der Waals surface area contributed by atoms with Crippen molar-refractivity contribution >= 4 is 11.7 Å². The first kappa shape index (κ1) is 19.3. The maximum absolute atomic E-state index is 11.9. The molecular formula is C18H31N3O2. The van der Waals surface area contributed by atoms with Crippen LogP contribution < -0.4 is 15.4 Å². The number of hydrogen-bond donors (Lipinski definition) is 2. The summed E-state index contributed by atoms with van der Waals surface area (Å²) in [5.41, 5.74) is 0.732. The fourth-order valence-corrected chi connectivity index (χ4v) is 2.30. The van der Waals surface area contributed by atoms with E-state index in [0.29, 0.717) is 6.54 Å². The van der Waals surface area contributed by atoms with Crippen molar-refractivity contribution in [2.45, 2.75) is 39.5 Å². The molecule has 1 aromatic rings. The maximum Gasteiger partial charge on any atom is 0.319 e. The van der Waals surface area contributed by atoms with Crippen molar-refractivity contribution in [2.24, 2.45) is 0 Å². The largest absolute Gasteiger partial charge is 0.497 e. The second kappa shape index (κ2) is 11.8. The van der Waals surface area contributed by atoms with E-state index < -0.39 is 0 Å². The van der Waals surface area contributed by atoms with Gasteiger partial charge in [-0.25, -0.2) is 4.79 Å². The zero-order valence-electron chi connectivity index (χ0n) is 14.7. The molecule has 5 heteroatoms. The number of methoxy groups -OCH3 is 1. The van der Waals surface area contributed by atoms with E-state index in [-0.39, 0.29) is 6.03 Å². The van der Waals surface area contributed by atoms with Crippen LogP contribution in [0.3, 0.4) is 0 Å². The molecule has 0 radical (unpaired) electrons. The summed E-state index contributed by atoms with van der Waals surface area (Å²) >= 11 is 0. The summed E-state index contributed by atoms with van der Waals surface area (Å²) < 4.78 is 5.15. The number of ether oxygens (including phenoxy) is 1. The summed E-state index contributed by atoms with van der Waals surface area (Å²) in [6.45, 7) is 8.18. The minimum Gasteiger partial charge on any atom is -0.497 e. The van der Waals surface area contributed by atoms with Crippen LogP contribution in [-0.2, 0) is 0 Å². The van der Waals surface area contributed by atoms with E-state index in [9.17, 15) is 4.79 Å². The van der Waals surface area contributed by atoms with Crippen LogP contribution in [0.5, 0.6) is 5.75 Å². The number of nitrogens with zero attached hydrogens (tertiary/aromatic N) is 1. The summed E-state index contributed by atoms with van der Waals surface area (Å²) in [7, 11) is 1.61. The lowest BCUT2D eigenvalue weighted by Gasteiger charge is -2.22. The van der Waals surface area contributed by atoms with Crippen LogP contribution in [0, 0.1) is 0 Å². The Hall–Kier alpha value is -1.75. The number of unbranched alkanes of at least 4 members (excludes halogenated alkanes) is 2. The predicted octanol–water partition coefficient (Wildman–Crippen LogP) is 3.72. The molecule has 1 rings (SSSR count). The highest BCUT2D eigenvalue weighted by Crippen LogP contribution is 2.16. The molecule has 0 fully saturated rings.